The topological polar surface area (TPSA) is 58.2 Å². The van der Waals surface area contributed by atoms with E-state index in [0.717, 1.165) is 40.6 Å². The van der Waals surface area contributed by atoms with Crippen LogP contribution in [0.25, 0.3) is 11.0 Å². The lowest BCUT2D eigenvalue weighted by molar-refractivity contribution is 0.110. The number of hydrogen-bond acceptors (Lipinski definition) is 3. The van der Waals surface area contributed by atoms with Crippen LogP contribution in [0.15, 0.2) is 16.7 Å². The number of halogens is 2. The van der Waals surface area contributed by atoms with Gasteiger partial charge in [-0.3, -0.25) is 0 Å². The Morgan fingerprint density at radius 3 is 3.19 bits per heavy atom. The van der Waals surface area contributed by atoms with Crippen molar-refractivity contribution in [3.8, 4) is 0 Å². The Morgan fingerprint density at radius 1 is 1.62 bits per heavy atom. The molecule has 112 valence electrons. The second kappa shape index (κ2) is 5.85. The van der Waals surface area contributed by atoms with Crippen LogP contribution < -0.4 is 0 Å². The second-order valence-electron chi connectivity index (χ2n) is 5.16. The molecule has 2 aromatic rings. The normalized spacial score (nSPS) is 19.0. The molecule has 0 bridgehead atoms. The molecule has 0 saturated carbocycles. The Morgan fingerprint density at radius 2 is 2.43 bits per heavy atom. The third kappa shape index (κ3) is 2.74. The van der Waals surface area contributed by atoms with Gasteiger partial charge in [-0.15, -0.1) is 0 Å². The summed E-state index contributed by atoms with van der Waals surface area (Å²) in [5.41, 5.74) is 1.88. The summed E-state index contributed by atoms with van der Waals surface area (Å²) in [5, 5.41) is 1.56. The van der Waals surface area contributed by atoms with Gasteiger partial charge in [0.05, 0.1) is 12.1 Å². The van der Waals surface area contributed by atoms with Gasteiger partial charge in [0, 0.05) is 40.8 Å². The summed E-state index contributed by atoms with van der Waals surface area (Å²) in [4.78, 5) is 21.1. The number of carbonyl (C=O) groups excluding carboxylic acids is 1. The zero-order valence-corrected chi connectivity index (χ0v) is 13.9. The summed E-state index contributed by atoms with van der Waals surface area (Å²) in [5.74, 6) is 0.262. The minimum atomic E-state index is -0.266. The number of H-pyrrole nitrogens is 1. The summed E-state index contributed by atoms with van der Waals surface area (Å²) in [6.45, 7) is 1.40. The van der Waals surface area contributed by atoms with E-state index in [4.69, 9.17) is 16.3 Å². The molecule has 1 atom stereocenters. The van der Waals surface area contributed by atoms with E-state index in [9.17, 15) is 4.79 Å². The van der Waals surface area contributed by atoms with Gasteiger partial charge in [-0.25, -0.2) is 9.78 Å². The fraction of sp³-hybridized carbons (Fsp3) is 0.429. The molecule has 1 fully saturated rings. The number of piperidine rings is 1. The van der Waals surface area contributed by atoms with E-state index in [1.165, 1.54) is 7.11 Å². The van der Waals surface area contributed by atoms with Gasteiger partial charge in [0.1, 0.15) is 5.65 Å². The maximum atomic E-state index is 11.7. The molecule has 3 heterocycles. The molecule has 1 unspecified atom stereocenters. The number of ether oxygens (including phenoxy) is 1. The number of likely N-dealkylation sites (tertiary alicyclic amines) is 1. The van der Waals surface area contributed by atoms with Crippen LogP contribution in [0.1, 0.15) is 24.5 Å². The molecule has 1 amide bonds. The van der Waals surface area contributed by atoms with Crippen LogP contribution in [-0.4, -0.2) is 41.2 Å². The molecular formula is C14H15BrClN3O2. The van der Waals surface area contributed by atoms with Crippen LogP contribution in [0.5, 0.6) is 0 Å². The Labute approximate surface area is 135 Å². The first-order valence-electron chi connectivity index (χ1n) is 6.75. The summed E-state index contributed by atoms with van der Waals surface area (Å²) in [6, 6.07) is 2.06. The molecule has 1 saturated heterocycles. The maximum Gasteiger partial charge on any atom is 0.409 e. The summed E-state index contributed by atoms with van der Waals surface area (Å²) < 4.78 is 5.65. The number of carbonyl (C=O) groups is 1. The molecule has 1 aliphatic rings. The number of amides is 1. The quantitative estimate of drug-likeness (QED) is 0.825. The maximum absolute atomic E-state index is 11.7. The molecule has 3 rings (SSSR count). The fourth-order valence-corrected chi connectivity index (χ4v) is 3.34. The number of nitrogens with zero attached hydrogens (tertiary/aromatic N) is 2. The van der Waals surface area contributed by atoms with Gasteiger partial charge in [-0.05, 0) is 34.8 Å². The van der Waals surface area contributed by atoms with Crippen molar-refractivity contribution in [2.45, 2.75) is 18.8 Å². The van der Waals surface area contributed by atoms with Crippen LogP contribution in [0.3, 0.4) is 0 Å². The summed E-state index contributed by atoms with van der Waals surface area (Å²) in [6.07, 6.45) is 3.35. The third-order valence-corrected chi connectivity index (χ3v) is 5.23. The fourth-order valence-electron chi connectivity index (χ4n) is 2.79. The van der Waals surface area contributed by atoms with Crippen molar-refractivity contribution < 1.29 is 9.53 Å². The van der Waals surface area contributed by atoms with Crippen LogP contribution in [0, 0.1) is 0 Å². The smallest absolute Gasteiger partial charge is 0.409 e. The highest BCUT2D eigenvalue weighted by Gasteiger charge is 2.26. The summed E-state index contributed by atoms with van der Waals surface area (Å²) in [7, 11) is 1.41. The highest BCUT2D eigenvalue weighted by Crippen LogP contribution is 2.34. The van der Waals surface area contributed by atoms with Crippen LogP contribution in [0.4, 0.5) is 4.79 Å². The number of fused-ring (bicyclic) bond motifs is 1. The first-order chi connectivity index (χ1) is 10.1. The van der Waals surface area contributed by atoms with Gasteiger partial charge >= 0.3 is 6.09 Å². The van der Waals surface area contributed by atoms with E-state index in [1.807, 2.05) is 0 Å². The first kappa shape index (κ1) is 14.7. The van der Waals surface area contributed by atoms with Crippen molar-refractivity contribution in [3.63, 3.8) is 0 Å². The average Bonchev–Trinajstić information content (AvgIpc) is 2.95. The first-order valence-corrected chi connectivity index (χ1v) is 7.92. The Bertz CT molecular complexity index is 688. The Balaban J connectivity index is 1.90. The van der Waals surface area contributed by atoms with Crippen molar-refractivity contribution in [3.05, 3.63) is 27.5 Å². The summed E-state index contributed by atoms with van der Waals surface area (Å²) >= 11 is 9.56. The lowest BCUT2D eigenvalue weighted by Gasteiger charge is -2.31. The molecule has 0 radical (unpaired) electrons. The van der Waals surface area contributed by atoms with E-state index >= 15 is 0 Å². The van der Waals surface area contributed by atoms with E-state index in [2.05, 4.69) is 32.0 Å². The largest absolute Gasteiger partial charge is 0.453 e. The molecule has 0 spiro atoms. The molecule has 1 aliphatic heterocycles. The van der Waals surface area contributed by atoms with Crippen LogP contribution in [0.2, 0.25) is 5.02 Å². The van der Waals surface area contributed by atoms with Crippen molar-refractivity contribution in [2.24, 2.45) is 0 Å². The van der Waals surface area contributed by atoms with E-state index in [-0.39, 0.29) is 12.0 Å². The number of hydrogen-bond donors (Lipinski definition) is 1. The van der Waals surface area contributed by atoms with Crippen molar-refractivity contribution in [2.75, 3.05) is 20.2 Å². The molecule has 5 nitrogen and oxygen atoms in total. The van der Waals surface area contributed by atoms with Crippen LogP contribution in [-0.2, 0) is 4.74 Å². The van der Waals surface area contributed by atoms with Gasteiger partial charge in [0.25, 0.3) is 0 Å². The second-order valence-corrected chi connectivity index (χ2v) is 6.36. The van der Waals surface area contributed by atoms with E-state index in [0.29, 0.717) is 11.6 Å². The van der Waals surface area contributed by atoms with Gasteiger partial charge in [0.15, 0.2) is 0 Å². The SMILES string of the molecule is COC(=O)N1CCCC(c2cc3c(Br)c(Cl)cnc3[nH]2)C1. The van der Waals surface area contributed by atoms with Crippen molar-refractivity contribution in [1.82, 2.24) is 14.9 Å². The number of nitrogens with one attached hydrogen (secondary N) is 1. The molecule has 21 heavy (non-hydrogen) atoms. The minimum absolute atomic E-state index is 0.262. The van der Waals surface area contributed by atoms with Gasteiger partial charge < -0.3 is 14.6 Å². The number of aromatic amines is 1. The van der Waals surface area contributed by atoms with Gasteiger partial charge in [-0.1, -0.05) is 11.6 Å². The zero-order chi connectivity index (χ0) is 15.0. The highest BCUT2D eigenvalue weighted by atomic mass is 79.9. The molecule has 0 aliphatic carbocycles. The number of aromatic nitrogens is 2. The van der Waals surface area contributed by atoms with Crippen LogP contribution >= 0.6 is 27.5 Å². The monoisotopic (exact) mass is 371 g/mol. The van der Waals surface area contributed by atoms with Gasteiger partial charge in [-0.2, -0.15) is 0 Å². The highest BCUT2D eigenvalue weighted by molar-refractivity contribution is 9.10. The Hall–Kier alpha value is -1.27. The predicted octanol–water partition coefficient (Wildman–Crippen LogP) is 3.92. The van der Waals surface area contributed by atoms with Crippen molar-refractivity contribution >= 4 is 44.7 Å². The minimum Gasteiger partial charge on any atom is -0.453 e. The number of pyridine rings is 1. The lowest BCUT2D eigenvalue weighted by Crippen LogP contribution is -2.39. The van der Waals surface area contributed by atoms with Crippen molar-refractivity contribution in [1.29, 1.82) is 0 Å². The van der Waals surface area contributed by atoms with E-state index < -0.39 is 0 Å². The zero-order valence-electron chi connectivity index (χ0n) is 11.5. The van der Waals surface area contributed by atoms with E-state index in [1.54, 1.807) is 11.1 Å². The molecule has 7 heteroatoms. The number of methoxy groups -OCH3 is 1. The standard InChI is InChI=1S/C14H15BrClN3O2/c1-21-14(20)19-4-2-3-8(7-19)11-5-9-12(15)10(16)6-17-13(9)18-11/h5-6,8H,2-4,7H2,1H3,(H,17,18). The third-order valence-electron chi connectivity index (χ3n) is 3.86. The lowest BCUT2D eigenvalue weighted by atomic mass is 9.95. The molecule has 1 N–H and O–H groups in total. The average molecular weight is 373 g/mol. The predicted molar refractivity (Wildman–Crippen MR) is 84.8 cm³/mol. The Kier molecular flexibility index (Phi) is 4.08. The molecule has 2 aromatic heterocycles. The van der Waals surface area contributed by atoms with Gasteiger partial charge in [0.2, 0.25) is 0 Å². The number of rotatable bonds is 1. The molecule has 0 aromatic carbocycles. The molecular weight excluding hydrogens is 358 g/mol.